The summed E-state index contributed by atoms with van der Waals surface area (Å²) in [6, 6.07) is 24.0. The molecule has 5 rings (SSSR count). The zero-order chi connectivity index (χ0) is 22.8. The molecule has 8 heteroatoms. The minimum absolute atomic E-state index is 0.245. The normalized spacial score (nSPS) is 10.8. The predicted octanol–water partition coefficient (Wildman–Crippen LogP) is 5.84. The number of carbonyl (C=O) groups is 1. The van der Waals surface area contributed by atoms with Gasteiger partial charge in [0, 0.05) is 11.6 Å². The Labute approximate surface area is 194 Å². The number of para-hydroxylation sites is 1. The van der Waals surface area contributed by atoms with E-state index in [1.807, 2.05) is 61.5 Å². The van der Waals surface area contributed by atoms with Gasteiger partial charge in [0.25, 0.3) is 5.91 Å². The van der Waals surface area contributed by atoms with Crippen molar-refractivity contribution in [1.82, 2.24) is 14.8 Å². The second-order valence-electron chi connectivity index (χ2n) is 7.31. The average molecular weight is 457 g/mol. The van der Waals surface area contributed by atoms with Crippen LogP contribution in [0.5, 0.6) is 17.2 Å². The summed E-state index contributed by atoms with van der Waals surface area (Å²) < 4.78 is 13.7. The fourth-order valence-corrected chi connectivity index (χ4v) is 4.29. The topological polar surface area (TPSA) is 78.3 Å². The summed E-state index contributed by atoms with van der Waals surface area (Å²) in [7, 11) is 1.63. The van der Waals surface area contributed by atoms with Crippen molar-refractivity contribution in [1.29, 1.82) is 0 Å². The summed E-state index contributed by atoms with van der Waals surface area (Å²) in [5.41, 5.74) is 2.12. The Bertz CT molecular complexity index is 1430. The molecule has 7 nitrogen and oxygen atoms in total. The highest BCUT2D eigenvalue weighted by Crippen LogP contribution is 2.30. The Morgan fingerprint density at radius 2 is 1.67 bits per heavy atom. The summed E-state index contributed by atoms with van der Waals surface area (Å²) in [5, 5.41) is 8.13. The number of rotatable bonds is 6. The van der Waals surface area contributed by atoms with Crippen molar-refractivity contribution in [3.8, 4) is 22.4 Å². The Morgan fingerprint density at radius 3 is 2.42 bits per heavy atom. The van der Waals surface area contributed by atoms with Gasteiger partial charge in [0.1, 0.15) is 23.1 Å². The Morgan fingerprint density at radius 1 is 0.939 bits per heavy atom. The lowest BCUT2D eigenvalue weighted by Crippen LogP contribution is -2.15. The first-order valence-corrected chi connectivity index (χ1v) is 11.1. The van der Waals surface area contributed by atoms with E-state index >= 15 is 0 Å². The highest BCUT2D eigenvalue weighted by Gasteiger charge is 2.16. The Hall–Kier alpha value is -4.17. The fraction of sp³-hybridized carbons (Fsp3) is 0.0800. The summed E-state index contributed by atoms with van der Waals surface area (Å²) >= 11 is 1.47. The molecule has 2 aromatic heterocycles. The van der Waals surface area contributed by atoms with Crippen molar-refractivity contribution in [2.24, 2.45) is 0 Å². The van der Waals surface area contributed by atoms with Gasteiger partial charge in [-0.25, -0.2) is 4.98 Å². The van der Waals surface area contributed by atoms with Crippen LogP contribution in [0.15, 0.2) is 78.9 Å². The lowest BCUT2D eigenvalue weighted by molar-refractivity contribution is 0.102. The van der Waals surface area contributed by atoms with Crippen LogP contribution in [0.25, 0.3) is 15.3 Å². The van der Waals surface area contributed by atoms with Crippen molar-refractivity contribution in [2.45, 2.75) is 6.92 Å². The van der Waals surface area contributed by atoms with Crippen molar-refractivity contribution in [2.75, 3.05) is 12.4 Å². The first-order chi connectivity index (χ1) is 16.1. The smallest absolute Gasteiger partial charge is 0.256 e. The van der Waals surface area contributed by atoms with E-state index in [0.717, 1.165) is 27.4 Å². The first-order valence-electron chi connectivity index (χ1n) is 10.2. The largest absolute Gasteiger partial charge is 0.497 e. The van der Waals surface area contributed by atoms with Crippen LogP contribution in [0.2, 0.25) is 0 Å². The highest BCUT2D eigenvalue weighted by atomic mass is 32.1. The van der Waals surface area contributed by atoms with E-state index in [1.54, 1.807) is 36.1 Å². The number of methoxy groups -OCH3 is 1. The minimum Gasteiger partial charge on any atom is -0.497 e. The maximum Gasteiger partial charge on any atom is 0.256 e. The van der Waals surface area contributed by atoms with E-state index in [9.17, 15) is 4.79 Å². The number of hydrogen-bond acceptors (Lipinski definition) is 6. The molecule has 0 aliphatic rings. The summed E-state index contributed by atoms with van der Waals surface area (Å²) in [4.78, 5) is 17.6. The van der Waals surface area contributed by atoms with Gasteiger partial charge in [-0.2, -0.15) is 9.78 Å². The van der Waals surface area contributed by atoms with Crippen LogP contribution in [0.3, 0.4) is 0 Å². The molecular formula is C25H20N4O3S. The fourth-order valence-electron chi connectivity index (χ4n) is 3.33. The van der Waals surface area contributed by atoms with Crippen molar-refractivity contribution in [3.63, 3.8) is 0 Å². The molecule has 0 bridgehead atoms. The van der Waals surface area contributed by atoms with Gasteiger partial charge < -0.3 is 14.8 Å². The third-order valence-corrected chi connectivity index (χ3v) is 5.93. The number of amides is 1. The van der Waals surface area contributed by atoms with E-state index in [0.29, 0.717) is 22.3 Å². The van der Waals surface area contributed by atoms with Crippen LogP contribution in [0, 0.1) is 6.92 Å². The average Bonchev–Trinajstić information content (AvgIpc) is 3.42. The van der Waals surface area contributed by atoms with Gasteiger partial charge in [-0.15, -0.1) is 0 Å². The number of ether oxygens (including phenoxy) is 2. The quantitative estimate of drug-likeness (QED) is 0.347. The zero-order valence-electron chi connectivity index (χ0n) is 18.0. The number of benzene rings is 3. The molecule has 33 heavy (non-hydrogen) atoms. The highest BCUT2D eigenvalue weighted by molar-refractivity contribution is 7.20. The molecule has 2 heterocycles. The zero-order valence-corrected chi connectivity index (χ0v) is 18.8. The monoisotopic (exact) mass is 456 g/mol. The number of anilines is 1. The van der Waals surface area contributed by atoms with Crippen LogP contribution >= 0.6 is 11.3 Å². The third kappa shape index (κ3) is 4.42. The number of aromatic nitrogens is 3. The number of thiazole rings is 1. The molecule has 0 spiro atoms. The van der Waals surface area contributed by atoms with Gasteiger partial charge in [-0.05, 0) is 61.5 Å². The van der Waals surface area contributed by atoms with E-state index in [2.05, 4.69) is 15.4 Å². The molecule has 0 aliphatic carbocycles. The van der Waals surface area contributed by atoms with Crippen LogP contribution in [-0.2, 0) is 0 Å². The lowest BCUT2D eigenvalue weighted by atomic mass is 10.2. The van der Waals surface area contributed by atoms with E-state index < -0.39 is 0 Å². The molecular weight excluding hydrogens is 436 g/mol. The molecule has 0 atom stereocenters. The molecule has 1 N–H and O–H groups in total. The van der Waals surface area contributed by atoms with Gasteiger partial charge >= 0.3 is 0 Å². The third-order valence-electron chi connectivity index (χ3n) is 4.93. The van der Waals surface area contributed by atoms with Crippen LogP contribution in [0.4, 0.5) is 5.82 Å². The van der Waals surface area contributed by atoms with E-state index in [-0.39, 0.29) is 5.91 Å². The number of hydrogen-bond donors (Lipinski definition) is 1. The molecule has 1 amide bonds. The van der Waals surface area contributed by atoms with Crippen molar-refractivity contribution < 1.29 is 14.3 Å². The molecule has 0 saturated carbocycles. The summed E-state index contributed by atoms with van der Waals surface area (Å²) in [6.07, 6.45) is 0. The van der Waals surface area contributed by atoms with Gasteiger partial charge in [-0.3, -0.25) is 4.79 Å². The maximum atomic E-state index is 12.9. The van der Waals surface area contributed by atoms with Crippen LogP contribution in [-0.4, -0.2) is 27.8 Å². The van der Waals surface area contributed by atoms with Gasteiger partial charge in [0.15, 0.2) is 0 Å². The Balaban J connectivity index is 1.36. The molecule has 0 aliphatic heterocycles. The SMILES string of the molecule is COc1ccc2nc(-n3nc(C)cc3NC(=O)c3ccc(Oc4ccccc4)cc3)sc2c1. The van der Waals surface area contributed by atoms with Crippen LogP contribution < -0.4 is 14.8 Å². The number of aryl methyl sites for hydroxylation is 1. The van der Waals surface area contributed by atoms with Gasteiger partial charge in [-0.1, -0.05) is 29.5 Å². The molecule has 0 fully saturated rings. The minimum atomic E-state index is -0.245. The van der Waals surface area contributed by atoms with Gasteiger partial charge in [0.05, 0.1) is 23.0 Å². The molecule has 0 saturated heterocycles. The second kappa shape index (κ2) is 8.76. The summed E-state index contributed by atoms with van der Waals surface area (Å²) in [5.74, 6) is 2.46. The lowest BCUT2D eigenvalue weighted by Gasteiger charge is -2.08. The molecule has 5 aromatic rings. The first kappa shape index (κ1) is 20.7. The van der Waals surface area contributed by atoms with Crippen LogP contribution in [0.1, 0.15) is 16.1 Å². The predicted molar refractivity (Wildman–Crippen MR) is 129 cm³/mol. The van der Waals surface area contributed by atoms with Crippen molar-refractivity contribution >= 4 is 33.3 Å². The second-order valence-corrected chi connectivity index (χ2v) is 8.32. The van der Waals surface area contributed by atoms with E-state index in [1.165, 1.54) is 11.3 Å². The number of carbonyl (C=O) groups excluding carboxylic acids is 1. The maximum absolute atomic E-state index is 12.9. The molecule has 0 radical (unpaired) electrons. The number of nitrogens with one attached hydrogen (secondary N) is 1. The summed E-state index contributed by atoms with van der Waals surface area (Å²) in [6.45, 7) is 1.87. The Kier molecular flexibility index (Phi) is 5.50. The number of nitrogens with zero attached hydrogens (tertiary/aromatic N) is 3. The number of fused-ring (bicyclic) bond motifs is 1. The van der Waals surface area contributed by atoms with Gasteiger partial charge in [0.2, 0.25) is 5.13 Å². The molecule has 164 valence electrons. The van der Waals surface area contributed by atoms with Crippen molar-refractivity contribution in [3.05, 3.63) is 90.1 Å². The van der Waals surface area contributed by atoms with E-state index in [4.69, 9.17) is 9.47 Å². The molecule has 0 unspecified atom stereocenters. The molecule has 3 aromatic carbocycles. The standard InChI is InChI=1S/C25H20N4O3S/c1-16-14-23(29(28-16)25-26-21-13-12-20(31-2)15-22(21)33-25)27-24(30)17-8-10-19(11-9-17)32-18-6-4-3-5-7-18/h3-15H,1-2H3,(H,27,30).